The average molecular weight is 480 g/mol. The fourth-order valence-electron chi connectivity index (χ4n) is 5.58. The van der Waals surface area contributed by atoms with E-state index in [-0.39, 0.29) is 41.2 Å². The zero-order valence-corrected chi connectivity index (χ0v) is 19.6. The highest BCUT2D eigenvalue weighted by Gasteiger charge is 2.40. The molecule has 3 atom stereocenters. The minimum atomic E-state index is -0.550. The van der Waals surface area contributed by atoms with E-state index in [2.05, 4.69) is 15.8 Å². The highest BCUT2D eigenvalue weighted by Crippen LogP contribution is 2.35. The van der Waals surface area contributed by atoms with E-state index in [1.54, 1.807) is 46.3 Å². The molecule has 9 heteroatoms. The maximum Gasteiger partial charge on any atom is 0.272 e. The van der Waals surface area contributed by atoms with E-state index in [9.17, 15) is 18.8 Å². The highest BCUT2D eigenvalue weighted by atomic mass is 19.1. The Morgan fingerprint density at radius 1 is 1.00 bits per heavy atom. The van der Waals surface area contributed by atoms with E-state index in [4.69, 9.17) is 0 Å². The van der Waals surface area contributed by atoms with Crippen LogP contribution in [0.3, 0.4) is 0 Å². The molecule has 2 aliphatic heterocycles. The Labute approximate surface area is 203 Å². The van der Waals surface area contributed by atoms with E-state index in [1.807, 2.05) is 0 Å². The lowest BCUT2D eigenvalue weighted by molar-refractivity contribution is -0.133. The van der Waals surface area contributed by atoms with Gasteiger partial charge in [0, 0.05) is 44.3 Å². The zero-order chi connectivity index (χ0) is 24.4. The number of rotatable bonds is 4. The molecule has 3 unspecified atom stereocenters. The normalized spacial score (nSPS) is 24.5. The topological polar surface area (TPSA) is 94.6 Å². The summed E-state index contributed by atoms with van der Waals surface area (Å²) in [5.41, 5.74) is 7.22. The van der Waals surface area contributed by atoms with Gasteiger partial charge in [-0.2, -0.15) is 0 Å². The molecule has 184 valence electrons. The van der Waals surface area contributed by atoms with Gasteiger partial charge in [-0.1, -0.05) is 25.0 Å². The zero-order valence-electron chi connectivity index (χ0n) is 19.6. The van der Waals surface area contributed by atoms with Crippen LogP contribution >= 0.6 is 0 Å². The first kappa shape index (κ1) is 23.4. The van der Waals surface area contributed by atoms with Gasteiger partial charge in [0.05, 0.1) is 5.56 Å². The van der Waals surface area contributed by atoms with Crippen molar-refractivity contribution in [1.29, 1.82) is 0 Å². The lowest BCUT2D eigenvalue weighted by Crippen LogP contribution is -2.60. The van der Waals surface area contributed by atoms with Crippen LogP contribution in [0.4, 0.5) is 4.39 Å². The molecule has 0 bridgehead atoms. The highest BCUT2D eigenvalue weighted by molar-refractivity contribution is 5.95. The second kappa shape index (κ2) is 10.1. The number of halogens is 1. The number of piperazine rings is 1. The molecule has 35 heavy (non-hydrogen) atoms. The Hall–Kier alpha value is -3.33. The van der Waals surface area contributed by atoms with Crippen molar-refractivity contribution < 1.29 is 18.8 Å². The largest absolute Gasteiger partial charge is 0.335 e. The molecule has 2 N–H and O–H groups in total. The number of carbonyl (C=O) groups excluding carboxylic acids is 3. The first-order chi connectivity index (χ1) is 17.0. The van der Waals surface area contributed by atoms with Crippen LogP contribution in [0.25, 0.3) is 0 Å². The SMILES string of the molecule is O=C1NNC(Cc2ccc(F)c(C(=O)N3CCN(C(=O)c4ccccn4)CC3)c2)C2CCCCC12. The van der Waals surface area contributed by atoms with Crippen LogP contribution < -0.4 is 10.9 Å². The van der Waals surface area contributed by atoms with Crippen LogP contribution in [0.1, 0.15) is 52.1 Å². The minimum absolute atomic E-state index is 0.0154. The summed E-state index contributed by atoms with van der Waals surface area (Å²) < 4.78 is 14.7. The van der Waals surface area contributed by atoms with Crippen LogP contribution in [-0.4, -0.2) is 64.7 Å². The number of benzene rings is 1. The first-order valence-electron chi connectivity index (χ1n) is 12.3. The second-order valence-electron chi connectivity index (χ2n) is 9.61. The molecule has 5 rings (SSSR count). The van der Waals surface area contributed by atoms with Crippen molar-refractivity contribution in [1.82, 2.24) is 25.6 Å². The number of hydrazine groups is 1. The van der Waals surface area contributed by atoms with Crippen LogP contribution in [0.5, 0.6) is 0 Å². The molecular formula is C26H30FN5O3. The van der Waals surface area contributed by atoms with Gasteiger partial charge in [0.1, 0.15) is 11.5 Å². The molecule has 8 nitrogen and oxygen atoms in total. The van der Waals surface area contributed by atoms with Crippen molar-refractivity contribution in [2.75, 3.05) is 26.2 Å². The lowest BCUT2D eigenvalue weighted by Gasteiger charge is -2.41. The monoisotopic (exact) mass is 479 g/mol. The van der Waals surface area contributed by atoms with Gasteiger partial charge >= 0.3 is 0 Å². The number of aromatic nitrogens is 1. The third kappa shape index (κ3) is 4.91. The van der Waals surface area contributed by atoms with Crippen molar-refractivity contribution in [3.8, 4) is 0 Å². The molecule has 3 amide bonds. The summed E-state index contributed by atoms with van der Waals surface area (Å²) in [4.78, 5) is 45.4. The number of hydrogen-bond acceptors (Lipinski definition) is 5. The van der Waals surface area contributed by atoms with Crippen molar-refractivity contribution in [2.45, 2.75) is 38.1 Å². The van der Waals surface area contributed by atoms with E-state index in [0.29, 0.717) is 38.3 Å². The third-order valence-electron chi connectivity index (χ3n) is 7.51. The first-order valence-corrected chi connectivity index (χ1v) is 12.3. The molecule has 2 aromatic rings. The van der Waals surface area contributed by atoms with Crippen molar-refractivity contribution in [2.24, 2.45) is 11.8 Å². The number of fused-ring (bicyclic) bond motifs is 1. The Morgan fingerprint density at radius 3 is 2.49 bits per heavy atom. The van der Waals surface area contributed by atoms with Crippen LogP contribution in [0, 0.1) is 17.7 Å². The maximum absolute atomic E-state index is 14.7. The Balaban J connectivity index is 1.24. The summed E-state index contributed by atoms with van der Waals surface area (Å²) >= 11 is 0. The molecule has 3 heterocycles. The van der Waals surface area contributed by atoms with E-state index >= 15 is 0 Å². The lowest BCUT2D eigenvalue weighted by atomic mass is 9.72. The van der Waals surface area contributed by atoms with Crippen LogP contribution in [-0.2, 0) is 11.2 Å². The van der Waals surface area contributed by atoms with Gasteiger partial charge in [-0.25, -0.2) is 9.82 Å². The molecule has 1 aromatic carbocycles. The number of hydrogen-bond donors (Lipinski definition) is 2. The van der Waals surface area contributed by atoms with E-state index < -0.39 is 5.82 Å². The summed E-state index contributed by atoms with van der Waals surface area (Å²) in [7, 11) is 0. The van der Waals surface area contributed by atoms with E-state index in [1.165, 1.54) is 6.07 Å². The summed E-state index contributed by atoms with van der Waals surface area (Å²) in [6.45, 7) is 1.41. The van der Waals surface area contributed by atoms with Crippen LogP contribution in [0.15, 0.2) is 42.6 Å². The Morgan fingerprint density at radius 2 is 1.74 bits per heavy atom. The maximum atomic E-state index is 14.7. The van der Waals surface area contributed by atoms with Crippen LogP contribution in [0.2, 0.25) is 0 Å². The summed E-state index contributed by atoms with van der Waals surface area (Å²) in [6.07, 6.45) is 6.25. The van der Waals surface area contributed by atoms with Crippen molar-refractivity contribution >= 4 is 17.7 Å². The van der Waals surface area contributed by atoms with Crippen molar-refractivity contribution in [3.05, 3.63) is 65.2 Å². The fourth-order valence-corrected chi connectivity index (χ4v) is 5.58. The molecular weight excluding hydrogens is 449 g/mol. The third-order valence-corrected chi connectivity index (χ3v) is 7.51. The smallest absolute Gasteiger partial charge is 0.272 e. The summed E-state index contributed by atoms with van der Waals surface area (Å²) in [5.74, 6) is -0.769. The van der Waals surface area contributed by atoms with Gasteiger partial charge in [0.15, 0.2) is 0 Å². The molecule has 1 aliphatic carbocycles. The van der Waals surface area contributed by atoms with Gasteiger partial charge in [-0.3, -0.25) is 24.8 Å². The molecule has 3 aliphatic rings. The summed E-state index contributed by atoms with van der Waals surface area (Å²) in [5, 5.41) is 0. The predicted molar refractivity (Wildman–Crippen MR) is 127 cm³/mol. The van der Waals surface area contributed by atoms with E-state index in [0.717, 1.165) is 31.2 Å². The Bertz CT molecular complexity index is 1100. The van der Waals surface area contributed by atoms with Gasteiger partial charge in [0.25, 0.3) is 11.8 Å². The number of amides is 3. The number of pyridine rings is 1. The average Bonchev–Trinajstić information content (AvgIpc) is 2.91. The van der Waals surface area contributed by atoms with Gasteiger partial charge in [-0.05, 0) is 55.0 Å². The summed E-state index contributed by atoms with van der Waals surface area (Å²) in [6, 6.07) is 9.94. The second-order valence-corrected chi connectivity index (χ2v) is 9.61. The number of nitrogens with one attached hydrogen (secondary N) is 2. The standard InChI is InChI=1S/C26H30FN5O3/c27-21-9-8-17(16-23-18-5-1-2-6-19(18)24(33)30-29-23)15-20(21)25(34)31-11-13-32(14-12-31)26(35)22-7-3-4-10-28-22/h3-4,7-10,15,18-19,23,29H,1-2,5-6,11-14,16H2,(H,30,33). The van der Waals surface area contributed by atoms with Gasteiger partial charge < -0.3 is 9.80 Å². The Kier molecular flexibility index (Phi) is 6.77. The minimum Gasteiger partial charge on any atom is -0.335 e. The molecule has 0 radical (unpaired) electrons. The van der Waals surface area contributed by atoms with Gasteiger partial charge in [-0.15, -0.1) is 0 Å². The van der Waals surface area contributed by atoms with Gasteiger partial charge in [0.2, 0.25) is 5.91 Å². The number of nitrogens with zero attached hydrogens (tertiary/aromatic N) is 3. The number of carbonyl (C=O) groups is 3. The molecule has 2 saturated heterocycles. The molecule has 1 saturated carbocycles. The predicted octanol–water partition coefficient (Wildman–Crippen LogP) is 2.17. The molecule has 3 fully saturated rings. The quantitative estimate of drug-likeness (QED) is 0.701. The molecule has 0 spiro atoms. The molecule has 1 aromatic heterocycles. The van der Waals surface area contributed by atoms with Crippen molar-refractivity contribution in [3.63, 3.8) is 0 Å². The fraction of sp³-hybridized carbons (Fsp3) is 0.462.